The van der Waals surface area contributed by atoms with Crippen molar-refractivity contribution in [2.75, 3.05) is 0 Å². The summed E-state index contributed by atoms with van der Waals surface area (Å²) >= 11 is 0. The first kappa shape index (κ1) is 44.8. The second kappa shape index (κ2) is 15.5. The maximum absolute atomic E-state index is 6.67. The summed E-state index contributed by atoms with van der Waals surface area (Å²) in [5.74, 6) is 0. The van der Waals surface area contributed by atoms with Crippen molar-refractivity contribution in [3.8, 4) is 77.9 Å². The van der Waals surface area contributed by atoms with Gasteiger partial charge in [0.1, 0.15) is 22.3 Å². The molecule has 2 nitrogen and oxygen atoms in total. The maximum Gasteiger partial charge on any atom is 0.143 e. The number of hydrogen-bond acceptors (Lipinski definition) is 2. The lowest BCUT2D eigenvalue weighted by molar-refractivity contribution is 0.649. The Kier molecular flexibility index (Phi) is 8.79. The molecule has 0 bridgehead atoms. The number of rotatable bonds is 4. The summed E-state index contributed by atoms with van der Waals surface area (Å²) in [6, 6.07) is 81.5. The SMILES string of the molecule is CC1(C)c2cc3c(cc2-c2cc4c(cc21)-c1c(cc(-c2ccccc2-c2cccc5c2oc2ccccc25)c2ccccc12)C4(C)C)C(C)(C)c1cc(-c2ccccc2-c2cccc4c2oc2ccccc24)c2ccccc2c1-3. The van der Waals surface area contributed by atoms with Gasteiger partial charge in [0, 0.05) is 48.9 Å². The smallest absolute Gasteiger partial charge is 0.143 e. The molecule has 0 saturated heterocycles. The highest BCUT2D eigenvalue weighted by Crippen LogP contribution is 2.62. The average molecular weight is 1010 g/mol. The first-order valence-electron chi connectivity index (χ1n) is 28.0. The molecule has 14 aromatic rings. The van der Waals surface area contributed by atoms with E-state index in [2.05, 4.69) is 260 Å². The van der Waals surface area contributed by atoms with E-state index >= 15 is 0 Å². The van der Waals surface area contributed by atoms with Crippen molar-refractivity contribution in [1.82, 2.24) is 0 Å². The summed E-state index contributed by atoms with van der Waals surface area (Å²) in [5.41, 5.74) is 28.9. The summed E-state index contributed by atoms with van der Waals surface area (Å²) in [4.78, 5) is 0. The highest BCUT2D eigenvalue weighted by atomic mass is 16.3. The molecule has 12 aromatic carbocycles. The Morgan fingerprint density at radius 3 is 0.911 bits per heavy atom. The Hall–Kier alpha value is -9.24. The largest absolute Gasteiger partial charge is 0.455 e. The monoisotopic (exact) mass is 1010 g/mol. The van der Waals surface area contributed by atoms with Gasteiger partial charge in [-0.3, -0.25) is 0 Å². The lowest BCUT2D eigenvalue weighted by Gasteiger charge is -2.25. The fraction of sp³-hybridized carbons (Fsp3) is 0.117. The van der Waals surface area contributed by atoms with Crippen LogP contribution >= 0.6 is 0 Å². The van der Waals surface area contributed by atoms with Gasteiger partial charge in [0.05, 0.1) is 0 Å². The molecule has 3 aliphatic carbocycles. The minimum atomic E-state index is -0.271. The molecule has 17 rings (SSSR count). The molecule has 0 spiro atoms. The quantitative estimate of drug-likeness (QED) is 0.176. The lowest BCUT2D eigenvalue weighted by Crippen LogP contribution is -2.17. The second-order valence-electron chi connectivity index (χ2n) is 24.2. The van der Waals surface area contributed by atoms with E-state index in [-0.39, 0.29) is 16.2 Å². The molecular weight excluding hydrogens is 957 g/mol. The maximum atomic E-state index is 6.67. The number of para-hydroxylation sites is 4. The Morgan fingerprint density at radius 2 is 0.494 bits per heavy atom. The summed E-state index contributed by atoms with van der Waals surface area (Å²) in [7, 11) is 0. The molecule has 0 aliphatic heterocycles. The van der Waals surface area contributed by atoms with Crippen LogP contribution in [0.2, 0.25) is 0 Å². The molecule has 0 radical (unpaired) electrons. The van der Waals surface area contributed by atoms with Crippen molar-refractivity contribution >= 4 is 65.4 Å². The van der Waals surface area contributed by atoms with Crippen LogP contribution in [0.25, 0.3) is 143 Å². The normalized spacial score (nSPS) is 15.0. The molecule has 2 heterocycles. The van der Waals surface area contributed by atoms with Crippen LogP contribution in [0.3, 0.4) is 0 Å². The summed E-state index contributed by atoms with van der Waals surface area (Å²) in [6.07, 6.45) is 0. The van der Waals surface area contributed by atoms with Crippen LogP contribution in [0.5, 0.6) is 0 Å². The predicted octanol–water partition coefficient (Wildman–Crippen LogP) is 21.4. The fourth-order valence-corrected chi connectivity index (χ4v) is 15.1. The molecule has 2 heteroatoms. The van der Waals surface area contributed by atoms with Crippen LogP contribution in [0, 0.1) is 0 Å². The molecule has 0 amide bonds. The standard InChI is InChI=1S/C77H54O2/c1-75(2)63-41-61-65(76(3,4)67-37-57(47-25-11-13-29-51(47)71(61)67)45-23-9-7-21-43(45)53-31-19-33-55-49-27-15-17-35-69(49)78-73(53)55)39-59(63)60-40-66-62(42-64(60)75)72-52-30-14-12-26-48(52)58(38-68(72)77(66,5)6)46-24-10-8-22-44(46)54-32-20-34-56-50-28-16-18-36-70(50)79-74(54)56/h7-42H,1-6H3. The zero-order valence-electron chi connectivity index (χ0n) is 45.1. The number of furan rings is 2. The summed E-state index contributed by atoms with van der Waals surface area (Å²) in [5, 5.41) is 9.68. The Labute approximate surface area is 459 Å². The second-order valence-corrected chi connectivity index (χ2v) is 24.2. The van der Waals surface area contributed by atoms with Crippen molar-refractivity contribution in [2.24, 2.45) is 0 Å². The zero-order chi connectivity index (χ0) is 52.8. The topological polar surface area (TPSA) is 26.3 Å². The number of benzene rings is 12. The van der Waals surface area contributed by atoms with E-state index in [9.17, 15) is 0 Å². The molecule has 3 aliphatic rings. The fourth-order valence-electron chi connectivity index (χ4n) is 15.1. The van der Waals surface area contributed by atoms with E-state index in [1.807, 2.05) is 0 Å². The van der Waals surface area contributed by atoms with Crippen molar-refractivity contribution in [1.29, 1.82) is 0 Å². The average Bonchev–Trinajstić information content (AvgIpc) is 3.38. The number of hydrogen-bond donors (Lipinski definition) is 0. The molecule has 0 fully saturated rings. The van der Waals surface area contributed by atoms with Crippen LogP contribution in [0.1, 0.15) is 74.9 Å². The van der Waals surface area contributed by atoms with Crippen molar-refractivity contribution in [3.05, 3.63) is 252 Å². The summed E-state index contributed by atoms with van der Waals surface area (Å²) < 4.78 is 13.3. The number of fused-ring (bicyclic) bond motifs is 19. The minimum Gasteiger partial charge on any atom is -0.455 e. The van der Waals surface area contributed by atoms with Gasteiger partial charge < -0.3 is 8.83 Å². The van der Waals surface area contributed by atoms with E-state index in [1.54, 1.807) is 0 Å². The first-order valence-corrected chi connectivity index (χ1v) is 28.0. The third-order valence-corrected chi connectivity index (χ3v) is 19.1. The van der Waals surface area contributed by atoms with Gasteiger partial charge >= 0.3 is 0 Å². The van der Waals surface area contributed by atoms with Gasteiger partial charge in [-0.25, -0.2) is 0 Å². The van der Waals surface area contributed by atoms with Crippen LogP contribution in [-0.2, 0) is 16.2 Å². The van der Waals surface area contributed by atoms with Gasteiger partial charge in [-0.2, -0.15) is 0 Å². The first-order chi connectivity index (χ1) is 38.5. The molecule has 79 heavy (non-hydrogen) atoms. The molecule has 0 N–H and O–H groups in total. The highest BCUT2D eigenvalue weighted by molar-refractivity contribution is 6.16. The van der Waals surface area contributed by atoms with E-state index in [0.717, 1.165) is 55.0 Å². The Balaban J connectivity index is 0.813. The van der Waals surface area contributed by atoms with Crippen molar-refractivity contribution < 1.29 is 8.83 Å². The molecule has 374 valence electrons. The summed E-state index contributed by atoms with van der Waals surface area (Å²) in [6.45, 7) is 14.7. The van der Waals surface area contributed by atoms with E-state index < -0.39 is 0 Å². The van der Waals surface area contributed by atoms with Crippen LogP contribution in [0.15, 0.2) is 227 Å². The van der Waals surface area contributed by atoms with E-state index in [1.165, 1.54) is 122 Å². The molecule has 2 aromatic heterocycles. The van der Waals surface area contributed by atoms with Crippen LogP contribution in [0.4, 0.5) is 0 Å². The zero-order valence-corrected chi connectivity index (χ0v) is 45.1. The van der Waals surface area contributed by atoms with Crippen LogP contribution < -0.4 is 0 Å². The third-order valence-electron chi connectivity index (χ3n) is 19.1. The highest BCUT2D eigenvalue weighted by Gasteiger charge is 2.46. The van der Waals surface area contributed by atoms with Gasteiger partial charge in [-0.1, -0.05) is 211 Å². The van der Waals surface area contributed by atoms with Crippen LogP contribution in [-0.4, -0.2) is 0 Å². The van der Waals surface area contributed by atoms with Gasteiger partial charge in [0.2, 0.25) is 0 Å². The van der Waals surface area contributed by atoms with Gasteiger partial charge in [-0.15, -0.1) is 0 Å². The van der Waals surface area contributed by atoms with E-state index in [4.69, 9.17) is 8.83 Å². The third kappa shape index (κ3) is 5.86. The van der Waals surface area contributed by atoms with Gasteiger partial charge in [0.15, 0.2) is 0 Å². The molecule has 0 unspecified atom stereocenters. The predicted molar refractivity (Wildman–Crippen MR) is 330 cm³/mol. The van der Waals surface area contributed by atoms with Crippen molar-refractivity contribution in [3.63, 3.8) is 0 Å². The molecular formula is C77H54O2. The van der Waals surface area contributed by atoms with Crippen molar-refractivity contribution in [2.45, 2.75) is 57.8 Å². The molecule has 0 atom stereocenters. The molecule has 0 saturated carbocycles. The Bertz CT molecular complexity index is 4730. The minimum absolute atomic E-state index is 0.243. The van der Waals surface area contributed by atoms with Gasteiger partial charge in [0.25, 0.3) is 0 Å². The lowest BCUT2D eigenvalue weighted by atomic mass is 9.78. The Morgan fingerprint density at radius 1 is 0.215 bits per heavy atom. The van der Waals surface area contributed by atoms with Gasteiger partial charge in [-0.05, 0) is 170 Å². The van der Waals surface area contributed by atoms with E-state index in [0.29, 0.717) is 0 Å².